The zero-order chi connectivity index (χ0) is 18.6. The van der Waals surface area contributed by atoms with Crippen LogP contribution in [0.25, 0.3) is 0 Å². The van der Waals surface area contributed by atoms with Crippen LogP contribution in [-0.2, 0) is 14.8 Å². The van der Waals surface area contributed by atoms with Gasteiger partial charge in [-0.2, -0.15) is 0 Å². The maximum atomic E-state index is 13.5. The lowest BCUT2D eigenvalue weighted by molar-refractivity contribution is -0.115. The van der Waals surface area contributed by atoms with Crippen molar-refractivity contribution in [1.82, 2.24) is 4.72 Å². The molecular weight excluding hydrogens is 354 g/mol. The number of anilines is 1. The fourth-order valence-electron chi connectivity index (χ4n) is 1.99. The van der Waals surface area contributed by atoms with Crippen molar-refractivity contribution in [2.24, 2.45) is 0 Å². The number of rotatable bonds is 6. The van der Waals surface area contributed by atoms with Gasteiger partial charge in [-0.25, -0.2) is 21.9 Å². The zero-order valence-electron chi connectivity index (χ0n) is 13.0. The Balaban J connectivity index is 2.07. The monoisotopic (exact) mass is 368 g/mol. The molecule has 2 aromatic carbocycles. The Bertz CT molecular complexity index is 909. The lowest BCUT2D eigenvalue weighted by Gasteiger charge is -2.09. The predicted octanol–water partition coefficient (Wildman–Crippen LogP) is 2.08. The van der Waals surface area contributed by atoms with Crippen LogP contribution in [-0.4, -0.2) is 26.7 Å². The minimum Gasteiger partial charge on any atom is -0.325 e. The van der Waals surface area contributed by atoms with Gasteiger partial charge in [0.25, 0.3) is 0 Å². The van der Waals surface area contributed by atoms with Crippen LogP contribution in [0.3, 0.4) is 0 Å². The summed E-state index contributed by atoms with van der Waals surface area (Å²) in [5.74, 6) is -3.49. The van der Waals surface area contributed by atoms with Gasteiger partial charge in [-0.05, 0) is 31.2 Å². The Morgan fingerprint density at radius 2 is 1.64 bits per heavy atom. The first-order valence-electron chi connectivity index (χ1n) is 7.05. The molecule has 9 heteroatoms. The third kappa shape index (κ3) is 4.68. The van der Waals surface area contributed by atoms with Crippen LogP contribution >= 0.6 is 0 Å². The van der Waals surface area contributed by atoms with E-state index in [0.717, 1.165) is 18.2 Å². The minimum atomic E-state index is -4.55. The molecule has 25 heavy (non-hydrogen) atoms. The Labute approximate surface area is 142 Å². The first kappa shape index (κ1) is 18.7. The van der Waals surface area contributed by atoms with E-state index in [0.29, 0.717) is 5.56 Å². The topological polar surface area (TPSA) is 92.3 Å². The molecule has 1 amide bonds. The Morgan fingerprint density at radius 3 is 2.24 bits per heavy atom. The largest absolute Gasteiger partial charge is 0.325 e. The highest BCUT2D eigenvalue weighted by Crippen LogP contribution is 2.17. The summed E-state index contributed by atoms with van der Waals surface area (Å²) in [6.45, 7) is 0.623. The highest BCUT2D eigenvalue weighted by molar-refractivity contribution is 7.89. The second-order valence-corrected chi connectivity index (χ2v) is 6.76. The van der Waals surface area contributed by atoms with Crippen molar-refractivity contribution in [1.29, 1.82) is 0 Å². The van der Waals surface area contributed by atoms with Crippen molar-refractivity contribution in [3.8, 4) is 0 Å². The van der Waals surface area contributed by atoms with Gasteiger partial charge < -0.3 is 5.32 Å². The van der Waals surface area contributed by atoms with Crippen molar-refractivity contribution in [3.05, 3.63) is 59.7 Å². The van der Waals surface area contributed by atoms with Crippen molar-refractivity contribution in [2.75, 3.05) is 11.9 Å². The number of benzene rings is 2. The number of sulfonamides is 1. The normalized spacial score (nSPS) is 11.2. The molecule has 0 aromatic heterocycles. The molecule has 2 N–H and O–H groups in total. The second kappa shape index (κ2) is 7.49. The van der Waals surface area contributed by atoms with Gasteiger partial charge in [-0.1, -0.05) is 18.2 Å². The van der Waals surface area contributed by atoms with Crippen molar-refractivity contribution in [3.63, 3.8) is 0 Å². The zero-order valence-corrected chi connectivity index (χ0v) is 13.9. The van der Waals surface area contributed by atoms with Gasteiger partial charge in [0.15, 0.2) is 10.7 Å². The van der Waals surface area contributed by atoms with Crippen molar-refractivity contribution < 1.29 is 26.8 Å². The number of carbonyl (C=O) groups excluding carboxylic acids is 2. The fraction of sp³-hybridized carbons (Fsp3) is 0.125. The van der Waals surface area contributed by atoms with Crippen LogP contribution in [0.2, 0.25) is 0 Å². The summed E-state index contributed by atoms with van der Waals surface area (Å²) in [5, 5.41) is 2.38. The predicted molar refractivity (Wildman–Crippen MR) is 86.6 cm³/mol. The summed E-state index contributed by atoms with van der Waals surface area (Å²) in [4.78, 5) is 22.0. The number of ketones is 1. The van der Waals surface area contributed by atoms with Crippen molar-refractivity contribution in [2.45, 2.75) is 11.8 Å². The molecule has 0 aliphatic heterocycles. The van der Waals surface area contributed by atoms with E-state index < -0.39 is 39.0 Å². The quantitative estimate of drug-likeness (QED) is 0.764. The van der Waals surface area contributed by atoms with Crippen LogP contribution in [0.15, 0.2) is 47.4 Å². The maximum Gasteiger partial charge on any atom is 0.246 e. The first-order chi connectivity index (χ1) is 11.7. The average molecular weight is 368 g/mol. The molecule has 2 rings (SSSR count). The molecule has 0 fully saturated rings. The van der Waals surface area contributed by atoms with Gasteiger partial charge in [0.05, 0.1) is 6.54 Å². The average Bonchev–Trinajstić information content (AvgIpc) is 2.53. The Hall–Kier alpha value is -2.65. The number of hydrogen-bond acceptors (Lipinski definition) is 4. The summed E-state index contributed by atoms with van der Waals surface area (Å²) in [7, 11) is -4.55. The van der Waals surface area contributed by atoms with E-state index in [4.69, 9.17) is 0 Å². The van der Waals surface area contributed by atoms with Crippen LogP contribution in [0.4, 0.5) is 14.5 Å². The number of amides is 1. The second-order valence-electron chi connectivity index (χ2n) is 5.06. The van der Waals surface area contributed by atoms with E-state index in [2.05, 4.69) is 5.32 Å². The van der Waals surface area contributed by atoms with Gasteiger partial charge in [-0.15, -0.1) is 0 Å². The molecule has 0 spiro atoms. The summed E-state index contributed by atoms with van der Waals surface area (Å²) in [6.07, 6.45) is 0. The standard InChI is InChI=1S/C16H14F2N2O4S/c1-10(21)11-4-2-5-12(8-11)20-15(22)9-19-25(23,24)16-13(17)6-3-7-14(16)18/h2-8,19H,9H2,1H3,(H,20,22). The first-order valence-corrected chi connectivity index (χ1v) is 8.53. The van der Waals surface area contributed by atoms with E-state index in [1.165, 1.54) is 19.1 Å². The van der Waals surface area contributed by atoms with E-state index >= 15 is 0 Å². The lowest BCUT2D eigenvalue weighted by Crippen LogP contribution is -2.33. The van der Waals surface area contributed by atoms with E-state index in [1.807, 2.05) is 4.72 Å². The van der Waals surface area contributed by atoms with Gasteiger partial charge in [0.2, 0.25) is 15.9 Å². The molecule has 0 saturated heterocycles. The van der Waals surface area contributed by atoms with E-state index in [9.17, 15) is 26.8 Å². The molecule has 0 aliphatic carbocycles. The van der Waals surface area contributed by atoms with Gasteiger partial charge >= 0.3 is 0 Å². The maximum absolute atomic E-state index is 13.5. The summed E-state index contributed by atoms with van der Waals surface area (Å²) in [5.41, 5.74) is 0.653. The lowest BCUT2D eigenvalue weighted by atomic mass is 10.1. The molecule has 0 bridgehead atoms. The molecule has 0 radical (unpaired) electrons. The van der Waals surface area contributed by atoms with Crippen molar-refractivity contribution >= 4 is 27.4 Å². The fourth-order valence-corrected chi connectivity index (χ4v) is 3.11. The Kier molecular flexibility index (Phi) is 5.60. The highest BCUT2D eigenvalue weighted by atomic mass is 32.2. The highest BCUT2D eigenvalue weighted by Gasteiger charge is 2.24. The molecule has 0 aliphatic rings. The molecule has 0 atom stereocenters. The molecule has 0 saturated carbocycles. The van der Waals surface area contributed by atoms with Crippen LogP contribution in [0.1, 0.15) is 17.3 Å². The Morgan fingerprint density at radius 1 is 1.04 bits per heavy atom. The molecule has 0 heterocycles. The summed E-state index contributed by atoms with van der Waals surface area (Å²) >= 11 is 0. The van der Waals surface area contributed by atoms with Gasteiger partial charge in [0.1, 0.15) is 11.6 Å². The number of carbonyl (C=O) groups is 2. The summed E-state index contributed by atoms with van der Waals surface area (Å²) < 4.78 is 52.8. The third-order valence-electron chi connectivity index (χ3n) is 3.16. The molecule has 132 valence electrons. The summed E-state index contributed by atoms with van der Waals surface area (Å²) in [6, 6.07) is 8.65. The number of hydrogen-bond donors (Lipinski definition) is 2. The molecule has 6 nitrogen and oxygen atoms in total. The van der Waals surface area contributed by atoms with Crippen LogP contribution in [0.5, 0.6) is 0 Å². The minimum absolute atomic E-state index is 0.202. The van der Waals surface area contributed by atoms with Gasteiger partial charge in [-0.3, -0.25) is 9.59 Å². The molecule has 2 aromatic rings. The number of nitrogens with one attached hydrogen (secondary N) is 2. The smallest absolute Gasteiger partial charge is 0.246 e. The molecular formula is C16H14F2N2O4S. The van der Waals surface area contributed by atoms with Crippen LogP contribution in [0, 0.1) is 11.6 Å². The van der Waals surface area contributed by atoms with E-state index in [-0.39, 0.29) is 11.5 Å². The third-order valence-corrected chi connectivity index (χ3v) is 4.62. The van der Waals surface area contributed by atoms with Gasteiger partial charge in [0, 0.05) is 11.3 Å². The SMILES string of the molecule is CC(=O)c1cccc(NC(=O)CNS(=O)(=O)c2c(F)cccc2F)c1. The van der Waals surface area contributed by atoms with E-state index in [1.54, 1.807) is 12.1 Å². The number of halogens is 2. The number of Topliss-reactive ketones (excluding diaryl/α,β-unsaturated/α-hetero) is 1. The molecule has 0 unspecified atom stereocenters. The van der Waals surface area contributed by atoms with Crippen LogP contribution < -0.4 is 10.0 Å².